The molecule has 7 nitrogen and oxygen atoms in total. The molecule has 2 fully saturated rings. The van der Waals surface area contributed by atoms with Gasteiger partial charge < -0.3 is 19.9 Å². The van der Waals surface area contributed by atoms with Crippen molar-refractivity contribution in [1.29, 1.82) is 0 Å². The molecule has 0 bridgehead atoms. The van der Waals surface area contributed by atoms with Gasteiger partial charge in [0.1, 0.15) is 17.9 Å². The number of fused-ring (bicyclic) bond motifs is 1. The van der Waals surface area contributed by atoms with E-state index in [1.54, 1.807) is 0 Å². The number of aromatic nitrogens is 2. The zero-order valence-electron chi connectivity index (χ0n) is 17.4. The van der Waals surface area contributed by atoms with Crippen LogP contribution in [0.15, 0.2) is 24.4 Å². The molecule has 2 atom stereocenters. The third-order valence-electron chi connectivity index (χ3n) is 5.76. The highest BCUT2D eigenvalue weighted by Crippen LogP contribution is 2.26. The predicted molar refractivity (Wildman–Crippen MR) is 113 cm³/mol. The first-order valence-electron chi connectivity index (χ1n) is 10.8. The van der Waals surface area contributed by atoms with Gasteiger partial charge in [-0.2, -0.15) is 0 Å². The third kappa shape index (κ3) is 5.35. The number of hydrogen-bond donors (Lipinski definition) is 2. The summed E-state index contributed by atoms with van der Waals surface area (Å²) in [4.78, 5) is 11.6. The van der Waals surface area contributed by atoms with Gasteiger partial charge in [-0.05, 0) is 45.6 Å². The molecule has 4 rings (SSSR count). The summed E-state index contributed by atoms with van der Waals surface area (Å²) < 4.78 is 11.9. The van der Waals surface area contributed by atoms with Gasteiger partial charge in [-0.3, -0.25) is 4.90 Å². The van der Waals surface area contributed by atoms with Crippen molar-refractivity contribution < 1.29 is 14.6 Å². The molecule has 7 heteroatoms. The summed E-state index contributed by atoms with van der Waals surface area (Å²) in [5.41, 5.74) is 0.838. The number of nitrogens with one attached hydrogen (secondary N) is 1. The van der Waals surface area contributed by atoms with E-state index >= 15 is 0 Å². The van der Waals surface area contributed by atoms with E-state index in [9.17, 15) is 5.11 Å². The SMILES string of the molecule is CC1CN(CCOc2cccc3cnc(NC4CCC(O)CC4)nc23)CC(C)O1. The van der Waals surface area contributed by atoms with E-state index in [2.05, 4.69) is 29.0 Å². The number of nitrogens with zero attached hydrogens (tertiary/aromatic N) is 3. The molecule has 2 aliphatic rings. The first-order valence-corrected chi connectivity index (χ1v) is 10.8. The van der Waals surface area contributed by atoms with Crippen LogP contribution < -0.4 is 10.1 Å². The van der Waals surface area contributed by atoms with Gasteiger partial charge in [0.15, 0.2) is 0 Å². The Labute approximate surface area is 172 Å². The minimum Gasteiger partial charge on any atom is -0.490 e. The maximum atomic E-state index is 9.69. The molecule has 1 aliphatic carbocycles. The second-order valence-electron chi connectivity index (χ2n) is 8.40. The number of benzene rings is 1. The Morgan fingerprint density at radius 1 is 1.17 bits per heavy atom. The minimum absolute atomic E-state index is 0.164. The van der Waals surface area contributed by atoms with Crippen LogP contribution in [0.3, 0.4) is 0 Å². The van der Waals surface area contributed by atoms with Crippen LogP contribution in [-0.4, -0.2) is 70.6 Å². The zero-order valence-corrected chi connectivity index (χ0v) is 17.4. The van der Waals surface area contributed by atoms with Crippen LogP contribution in [0.5, 0.6) is 5.75 Å². The Bertz CT molecular complexity index is 800. The molecule has 2 unspecified atom stereocenters. The van der Waals surface area contributed by atoms with Crippen molar-refractivity contribution in [2.24, 2.45) is 0 Å². The van der Waals surface area contributed by atoms with E-state index < -0.39 is 0 Å². The van der Waals surface area contributed by atoms with E-state index in [1.807, 2.05) is 24.4 Å². The van der Waals surface area contributed by atoms with Crippen molar-refractivity contribution >= 4 is 16.9 Å². The van der Waals surface area contributed by atoms with Crippen molar-refractivity contribution in [1.82, 2.24) is 14.9 Å². The van der Waals surface area contributed by atoms with Crippen LogP contribution in [0.25, 0.3) is 10.9 Å². The molecule has 1 aromatic heterocycles. The van der Waals surface area contributed by atoms with Gasteiger partial charge in [0, 0.05) is 37.3 Å². The topological polar surface area (TPSA) is 79.7 Å². The lowest BCUT2D eigenvalue weighted by Crippen LogP contribution is -2.46. The summed E-state index contributed by atoms with van der Waals surface area (Å²) >= 11 is 0. The van der Waals surface area contributed by atoms with Gasteiger partial charge in [0.05, 0.1) is 18.3 Å². The summed E-state index contributed by atoms with van der Waals surface area (Å²) in [6.07, 6.45) is 5.76. The lowest BCUT2D eigenvalue weighted by molar-refractivity contribution is -0.0699. The number of anilines is 1. The Morgan fingerprint density at radius 2 is 1.93 bits per heavy atom. The van der Waals surface area contributed by atoms with E-state index in [0.29, 0.717) is 18.6 Å². The minimum atomic E-state index is -0.164. The van der Waals surface area contributed by atoms with Crippen molar-refractivity contribution in [3.8, 4) is 5.75 Å². The lowest BCUT2D eigenvalue weighted by atomic mass is 9.93. The quantitative estimate of drug-likeness (QED) is 0.772. The Morgan fingerprint density at radius 3 is 2.69 bits per heavy atom. The molecule has 2 N–H and O–H groups in total. The van der Waals surface area contributed by atoms with Gasteiger partial charge in [-0.1, -0.05) is 12.1 Å². The maximum absolute atomic E-state index is 9.69. The van der Waals surface area contributed by atoms with E-state index in [0.717, 1.165) is 62.0 Å². The highest BCUT2D eigenvalue weighted by atomic mass is 16.5. The van der Waals surface area contributed by atoms with E-state index in [1.165, 1.54) is 0 Å². The second-order valence-corrected chi connectivity index (χ2v) is 8.40. The maximum Gasteiger partial charge on any atom is 0.223 e. The Kier molecular flexibility index (Phi) is 6.47. The molecular formula is C22H32N4O3. The van der Waals surface area contributed by atoms with Crippen LogP contribution in [0.4, 0.5) is 5.95 Å². The number of aliphatic hydroxyl groups excluding tert-OH is 1. The molecule has 1 aliphatic heterocycles. The van der Waals surface area contributed by atoms with Gasteiger partial charge in [0.25, 0.3) is 0 Å². The standard InChI is InChI=1S/C22H32N4O3/c1-15-13-26(14-16(2)29-15)10-11-28-20-5-3-4-17-12-23-22(25-21(17)20)24-18-6-8-19(27)9-7-18/h3-5,12,15-16,18-19,27H,6-11,13-14H2,1-2H3,(H,23,24,25). The Balaban J connectivity index is 1.39. The molecule has 29 heavy (non-hydrogen) atoms. The normalized spacial score (nSPS) is 28.4. The van der Waals surface area contributed by atoms with Gasteiger partial charge in [-0.25, -0.2) is 9.97 Å². The van der Waals surface area contributed by atoms with Gasteiger partial charge >= 0.3 is 0 Å². The van der Waals surface area contributed by atoms with Crippen LogP contribution in [0.2, 0.25) is 0 Å². The number of para-hydroxylation sites is 1. The molecular weight excluding hydrogens is 368 g/mol. The summed E-state index contributed by atoms with van der Waals surface area (Å²) in [6.45, 7) is 7.60. The number of rotatable bonds is 6. The summed E-state index contributed by atoms with van der Waals surface area (Å²) in [7, 11) is 0. The average Bonchev–Trinajstić information content (AvgIpc) is 2.69. The fourth-order valence-electron chi connectivity index (χ4n) is 4.37. The van der Waals surface area contributed by atoms with Crippen molar-refractivity contribution in [3.05, 3.63) is 24.4 Å². The molecule has 2 aromatic rings. The summed E-state index contributed by atoms with van der Waals surface area (Å²) in [5.74, 6) is 1.42. The molecule has 2 heterocycles. The molecule has 1 saturated heterocycles. The van der Waals surface area contributed by atoms with Crippen LogP contribution in [-0.2, 0) is 4.74 Å². The third-order valence-corrected chi connectivity index (χ3v) is 5.76. The second kappa shape index (κ2) is 9.24. The predicted octanol–water partition coefficient (Wildman–Crippen LogP) is 2.83. The highest BCUT2D eigenvalue weighted by Gasteiger charge is 2.22. The van der Waals surface area contributed by atoms with Gasteiger partial charge in [-0.15, -0.1) is 0 Å². The first-order chi connectivity index (χ1) is 14.1. The van der Waals surface area contributed by atoms with Crippen molar-refractivity contribution in [3.63, 3.8) is 0 Å². The van der Waals surface area contributed by atoms with Crippen LogP contribution >= 0.6 is 0 Å². The fraction of sp³-hybridized carbons (Fsp3) is 0.636. The van der Waals surface area contributed by atoms with Crippen LogP contribution in [0.1, 0.15) is 39.5 Å². The van der Waals surface area contributed by atoms with Crippen molar-refractivity contribution in [2.75, 3.05) is 31.6 Å². The molecule has 0 spiro atoms. The molecule has 1 saturated carbocycles. The Hall–Kier alpha value is -1.96. The molecule has 158 valence electrons. The lowest BCUT2D eigenvalue weighted by Gasteiger charge is -2.35. The number of aliphatic hydroxyl groups is 1. The number of hydrogen-bond acceptors (Lipinski definition) is 7. The van der Waals surface area contributed by atoms with Gasteiger partial charge in [0.2, 0.25) is 5.95 Å². The van der Waals surface area contributed by atoms with E-state index in [4.69, 9.17) is 14.5 Å². The summed E-state index contributed by atoms with van der Waals surface area (Å²) in [5, 5.41) is 14.1. The molecule has 0 amide bonds. The molecule has 1 aromatic carbocycles. The largest absolute Gasteiger partial charge is 0.490 e. The fourth-order valence-corrected chi connectivity index (χ4v) is 4.37. The number of ether oxygens (including phenoxy) is 2. The average molecular weight is 401 g/mol. The first kappa shape index (κ1) is 20.3. The van der Waals surface area contributed by atoms with E-state index in [-0.39, 0.29) is 18.3 Å². The smallest absolute Gasteiger partial charge is 0.223 e. The monoisotopic (exact) mass is 400 g/mol. The summed E-state index contributed by atoms with van der Waals surface area (Å²) in [6, 6.07) is 6.28. The highest BCUT2D eigenvalue weighted by molar-refractivity contribution is 5.84. The molecule has 0 radical (unpaired) electrons. The van der Waals surface area contributed by atoms with Crippen molar-refractivity contribution in [2.45, 2.75) is 63.9 Å². The number of morpholine rings is 1. The van der Waals surface area contributed by atoms with Crippen LogP contribution in [0, 0.1) is 0 Å². The zero-order chi connectivity index (χ0) is 20.2.